The number of rotatable bonds is 8. The molecule has 0 atom stereocenters. The molecular weight excluding hydrogens is 490 g/mol. The number of hydrogen-bond acceptors (Lipinski definition) is 6. The second-order valence-corrected chi connectivity index (χ2v) is 8.42. The predicted octanol–water partition coefficient (Wildman–Crippen LogP) is 5.43. The third-order valence-corrected chi connectivity index (χ3v) is 5.82. The van der Waals surface area contributed by atoms with Crippen LogP contribution in [0.2, 0.25) is 0 Å². The van der Waals surface area contributed by atoms with Crippen molar-refractivity contribution >= 4 is 27.6 Å². The lowest BCUT2D eigenvalue weighted by atomic mass is 10.1. The van der Waals surface area contributed by atoms with E-state index < -0.39 is 5.97 Å². The topological polar surface area (TPSA) is 86.3 Å². The largest absolute Gasteiger partial charge is 0.493 e. The fourth-order valence-electron chi connectivity index (χ4n) is 3.54. The second-order valence-electron chi connectivity index (χ2n) is 7.56. The Balaban J connectivity index is 1.45. The molecule has 3 aromatic carbocycles. The van der Waals surface area contributed by atoms with Gasteiger partial charge in [0.2, 0.25) is 0 Å². The third kappa shape index (κ3) is 5.34. The standard InChI is InChI=1S/C25H24BrNO6/c1-15-9-18(25(28)29)4-5-20(15)27-13-17-10-19(26)24(23(12-17)30-2)33-14-16-3-6-21-22(11-16)32-8-7-31-21/h3-6,9-12,27H,7-8,13-14H2,1-2H3,(H,28,29). The monoisotopic (exact) mass is 513 g/mol. The molecular formula is C25H24BrNO6. The van der Waals surface area contributed by atoms with Crippen LogP contribution in [0.3, 0.4) is 0 Å². The summed E-state index contributed by atoms with van der Waals surface area (Å²) >= 11 is 3.60. The summed E-state index contributed by atoms with van der Waals surface area (Å²) in [6.45, 7) is 3.85. The van der Waals surface area contributed by atoms with E-state index in [1.807, 2.05) is 37.3 Å². The summed E-state index contributed by atoms with van der Waals surface area (Å²) in [7, 11) is 1.60. The van der Waals surface area contributed by atoms with Gasteiger partial charge < -0.3 is 29.4 Å². The molecule has 2 N–H and O–H groups in total. The summed E-state index contributed by atoms with van der Waals surface area (Å²) in [5.74, 6) is 1.75. The molecule has 0 fully saturated rings. The average Bonchev–Trinajstić information content (AvgIpc) is 2.82. The fraction of sp³-hybridized carbons (Fsp3) is 0.240. The van der Waals surface area contributed by atoms with Crippen molar-refractivity contribution in [3.05, 3.63) is 75.3 Å². The molecule has 0 bridgehead atoms. The number of ether oxygens (including phenoxy) is 4. The maximum absolute atomic E-state index is 11.1. The molecule has 0 unspecified atom stereocenters. The first kappa shape index (κ1) is 22.8. The Labute approximate surface area is 200 Å². The number of aromatic carboxylic acids is 1. The highest BCUT2D eigenvalue weighted by Crippen LogP contribution is 2.38. The molecule has 0 saturated carbocycles. The van der Waals surface area contributed by atoms with Gasteiger partial charge in [0, 0.05) is 12.2 Å². The summed E-state index contributed by atoms with van der Waals surface area (Å²) in [5, 5.41) is 12.5. The van der Waals surface area contributed by atoms with Crippen LogP contribution in [0.1, 0.15) is 27.0 Å². The number of methoxy groups -OCH3 is 1. The van der Waals surface area contributed by atoms with E-state index in [1.54, 1.807) is 25.3 Å². The molecule has 4 rings (SSSR count). The minimum Gasteiger partial charge on any atom is -0.493 e. The Morgan fingerprint density at radius 3 is 2.58 bits per heavy atom. The molecule has 3 aromatic rings. The lowest BCUT2D eigenvalue weighted by molar-refractivity contribution is 0.0697. The van der Waals surface area contributed by atoms with Crippen molar-refractivity contribution in [2.45, 2.75) is 20.1 Å². The number of nitrogens with one attached hydrogen (secondary N) is 1. The summed E-state index contributed by atoms with van der Waals surface area (Å²) in [6.07, 6.45) is 0. The Hall–Kier alpha value is -3.39. The molecule has 7 nitrogen and oxygen atoms in total. The quantitative estimate of drug-likeness (QED) is 0.415. The smallest absolute Gasteiger partial charge is 0.335 e. The Bertz CT molecular complexity index is 1180. The Morgan fingerprint density at radius 1 is 1.06 bits per heavy atom. The number of hydrogen-bond donors (Lipinski definition) is 2. The lowest BCUT2D eigenvalue weighted by Gasteiger charge is -2.19. The zero-order valence-electron chi connectivity index (χ0n) is 18.3. The maximum Gasteiger partial charge on any atom is 0.335 e. The van der Waals surface area contributed by atoms with E-state index in [4.69, 9.17) is 24.1 Å². The van der Waals surface area contributed by atoms with Gasteiger partial charge >= 0.3 is 5.97 Å². The van der Waals surface area contributed by atoms with Crippen LogP contribution in [0.5, 0.6) is 23.0 Å². The van der Waals surface area contributed by atoms with Crippen molar-refractivity contribution < 1.29 is 28.8 Å². The number of aryl methyl sites for hydroxylation is 1. The van der Waals surface area contributed by atoms with E-state index in [-0.39, 0.29) is 5.56 Å². The number of carbonyl (C=O) groups is 1. The van der Waals surface area contributed by atoms with E-state index in [2.05, 4.69) is 21.2 Å². The van der Waals surface area contributed by atoms with Gasteiger partial charge in [0.25, 0.3) is 0 Å². The summed E-state index contributed by atoms with van der Waals surface area (Å²) in [5.41, 5.74) is 3.93. The van der Waals surface area contributed by atoms with Crippen LogP contribution in [0, 0.1) is 6.92 Å². The predicted molar refractivity (Wildman–Crippen MR) is 128 cm³/mol. The van der Waals surface area contributed by atoms with Crippen LogP contribution in [-0.4, -0.2) is 31.4 Å². The molecule has 172 valence electrons. The maximum atomic E-state index is 11.1. The number of benzene rings is 3. The van der Waals surface area contributed by atoms with Crippen LogP contribution in [0.15, 0.2) is 53.0 Å². The number of anilines is 1. The molecule has 0 spiro atoms. The molecule has 1 heterocycles. The van der Waals surface area contributed by atoms with E-state index in [1.165, 1.54) is 0 Å². The highest BCUT2D eigenvalue weighted by atomic mass is 79.9. The van der Waals surface area contributed by atoms with Gasteiger partial charge in [-0.2, -0.15) is 0 Å². The highest BCUT2D eigenvalue weighted by molar-refractivity contribution is 9.10. The first-order chi connectivity index (χ1) is 15.9. The molecule has 33 heavy (non-hydrogen) atoms. The van der Waals surface area contributed by atoms with Gasteiger partial charge in [-0.05, 0) is 82.0 Å². The summed E-state index contributed by atoms with van der Waals surface area (Å²) in [6, 6.07) is 14.6. The first-order valence-corrected chi connectivity index (χ1v) is 11.2. The number of carboxylic acids is 1. The van der Waals surface area contributed by atoms with Crippen LogP contribution in [0.25, 0.3) is 0 Å². The molecule has 0 aromatic heterocycles. The Morgan fingerprint density at radius 2 is 1.85 bits per heavy atom. The minimum atomic E-state index is -0.940. The average molecular weight is 514 g/mol. The normalized spacial score (nSPS) is 12.2. The minimum absolute atomic E-state index is 0.266. The van der Waals surface area contributed by atoms with Gasteiger partial charge in [-0.15, -0.1) is 0 Å². The highest BCUT2D eigenvalue weighted by Gasteiger charge is 2.15. The van der Waals surface area contributed by atoms with Crippen LogP contribution in [-0.2, 0) is 13.2 Å². The van der Waals surface area contributed by atoms with Crippen molar-refractivity contribution in [3.8, 4) is 23.0 Å². The molecule has 1 aliphatic heterocycles. The molecule has 8 heteroatoms. The van der Waals surface area contributed by atoms with E-state index in [9.17, 15) is 4.79 Å². The van der Waals surface area contributed by atoms with Gasteiger partial charge in [0.1, 0.15) is 19.8 Å². The van der Waals surface area contributed by atoms with Crippen LogP contribution < -0.4 is 24.3 Å². The first-order valence-electron chi connectivity index (χ1n) is 10.4. The van der Waals surface area contributed by atoms with Crippen LogP contribution in [0.4, 0.5) is 5.69 Å². The van der Waals surface area contributed by atoms with E-state index >= 15 is 0 Å². The molecule has 0 aliphatic carbocycles. The Kier molecular flexibility index (Phi) is 6.93. The van der Waals surface area contributed by atoms with Crippen molar-refractivity contribution in [3.63, 3.8) is 0 Å². The summed E-state index contributed by atoms with van der Waals surface area (Å²) in [4.78, 5) is 11.1. The van der Waals surface area contributed by atoms with Gasteiger partial charge in [-0.1, -0.05) is 6.07 Å². The molecule has 0 saturated heterocycles. The van der Waals surface area contributed by atoms with Crippen LogP contribution >= 0.6 is 15.9 Å². The third-order valence-electron chi connectivity index (χ3n) is 5.24. The SMILES string of the molecule is COc1cc(CNc2ccc(C(=O)O)cc2C)cc(Br)c1OCc1ccc2c(c1)OCCO2. The lowest BCUT2D eigenvalue weighted by Crippen LogP contribution is -2.15. The van der Waals surface area contributed by atoms with Gasteiger partial charge in [0.15, 0.2) is 23.0 Å². The van der Waals surface area contributed by atoms with Crippen molar-refractivity contribution in [2.75, 3.05) is 25.6 Å². The van der Waals surface area contributed by atoms with Gasteiger partial charge in [0.05, 0.1) is 17.1 Å². The van der Waals surface area contributed by atoms with Crippen molar-refractivity contribution in [1.82, 2.24) is 0 Å². The van der Waals surface area contributed by atoms with Gasteiger partial charge in [-0.25, -0.2) is 4.79 Å². The van der Waals surface area contributed by atoms with Crippen molar-refractivity contribution in [2.24, 2.45) is 0 Å². The number of carboxylic acid groups (broad SMARTS) is 1. The summed E-state index contributed by atoms with van der Waals surface area (Å²) < 4.78 is 23.6. The van der Waals surface area contributed by atoms with E-state index in [0.29, 0.717) is 37.9 Å². The van der Waals surface area contributed by atoms with Crippen molar-refractivity contribution in [1.29, 1.82) is 0 Å². The molecule has 0 amide bonds. The number of halogens is 1. The zero-order chi connectivity index (χ0) is 23.4. The number of fused-ring (bicyclic) bond motifs is 1. The van der Waals surface area contributed by atoms with Gasteiger partial charge in [-0.3, -0.25) is 0 Å². The van der Waals surface area contributed by atoms with E-state index in [0.717, 1.165) is 38.3 Å². The second kappa shape index (κ2) is 10.0. The molecule has 1 aliphatic rings. The molecule has 0 radical (unpaired) electrons. The zero-order valence-corrected chi connectivity index (χ0v) is 19.9. The fourth-order valence-corrected chi connectivity index (χ4v) is 4.14.